The van der Waals surface area contributed by atoms with Crippen LogP contribution in [0.3, 0.4) is 0 Å². The van der Waals surface area contributed by atoms with Crippen molar-refractivity contribution in [3.63, 3.8) is 0 Å². The van der Waals surface area contributed by atoms with Gasteiger partial charge in [-0.2, -0.15) is 0 Å². The number of aromatic nitrogens is 1. The first-order valence-electron chi connectivity index (χ1n) is 6.54. The molecule has 18 heavy (non-hydrogen) atoms. The minimum Gasteiger partial charge on any atom is -0.389 e. The Kier molecular flexibility index (Phi) is 3.97. The second kappa shape index (κ2) is 5.33. The molecule has 1 aromatic rings. The van der Waals surface area contributed by atoms with Gasteiger partial charge in [-0.1, -0.05) is 0 Å². The first-order chi connectivity index (χ1) is 8.48. The fourth-order valence-corrected chi connectivity index (χ4v) is 2.57. The number of halogens is 1. The average Bonchev–Trinajstić information content (AvgIpc) is 2.29. The Hall–Kier alpha value is -1.00. The second-order valence-corrected chi connectivity index (χ2v) is 5.54. The average molecular weight is 252 g/mol. The van der Waals surface area contributed by atoms with E-state index < -0.39 is 5.60 Å². The van der Waals surface area contributed by atoms with Gasteiger partial charge in [0, 0.05) is 31.7 Å². The standard InChI is InChI=1S/C14H21FN2O/c1-11(2)17-5-3-14(18,4-6-17)8-12-7-13(15)10-16-9-12/h7,9-11,18H,3-6,8H2,1-2H3. The zero-order valence-electron chi connectivity index (χ0n) is 11.1. The van der Waals surface area contributed by atoms with E-state index in [1.165, 1.54) is 12.3 Å². The number of nitrogens with zero attached hydrogens (tertiary/aromatic N) is 2. The number of aliphatic hydroxyl groups is 1. The van der Waals surface area contributed by atoms with Gasteiger partial charge in [-0.3, -0.25) is 4.98 Å². The largest absolute Gasteiger partial charge is 0.389 e. The highest BCUT2D eigenvalue weighted by Crippen LogP contribution is 2.27. The minimum atomic E-state index is -0.707. The first kappa shape index (κ1) is 13.4. The molecule has 3 nitrogen and oxygen atoms in total. The van der Waals surface area contributed by atoms with Crippen LogP contribution in [0.2, 0.25) is 0 Å². The lowest BCUT2D eigenvalue weighted by Gasteiger charge is -2.40. The molecule has 1 N–H and O–H groups in total. The van der Waals surface area contributed by atoms with Gasteiger partial charge in [0.1, 0.15) is 5.82 Å². The summed E-state index contributed by atoms with van der Waals surface area (Å²) in [6, 6.07) is 1.98. The minimum absolute atomic E-state index is 0.337. The third-order valence-electron chi connectivity index (χ3n) is 3.75. The number of rotatable bonds is 3. The van der Waals surface area contributed by atoms with E-state index in [1.54, 1.807) is 6.20 Å². The predicted molar refractivity (Wildman–Crippen MR) is 68.8 cm³/mol. The van der Waals surface area contributed by atoms with Gasteiger partial charge in [-0.25, -0.2) is 4.39 Å². The molecule has 2 heterocycles. The quantitative estimate of drug-likeness (QED) is 0.894. The van der Waals surface area contributed by atoms with Crippen LogP contribution in [-0.2, 0) is 6.42 Å². The molecule has 0 aromatic carbocycles. The van der Waals surface area contributed by atoms with Crippen LogP contribution < -0.4 is 0 Å². The smallest absolute Gasteiger partial charge is 0.141 e. The molecule has 0 aliphatic carbocycles. The van der Waals surface area contributed by atoms with E-state index in [0.717, 1.165) is 31.5 Å². The van der Waals surface area contributed by atoms with Crippen LogP contribution >= 0.6 is 0 Å². The summed E-state index contributed by atoms with van der Waals surface area (Å²) in [6.45, 7) is 6.13. The van der Waals surface area contributed by atoms with Crippen molar-refractivity contribution in [2.75, 3.05) is 13.1 Å². The summed E-state index contributed by atoms with van der Waals surface area (Å²) in [5.74, 6) is -0.337. The summed E-state index contributed by atoms with van der Waals surface area (Å²) in [7, 11) is 0. The molecule has 1 fully saturated rings. The summed E-state index contributed by atoms with van der Waals surface area (Å²) >= 11 is 0. The van der Waals surface area contributed by atoms with Gasteiger partial charge in [-0.15, -0.1) is 0 Å². The van der Waals surface area contributed by atoms with Crippen LogP contribution in [0.4, 0.5) is 4.39 Å². The van der Waals surface area contributed by atoms with Crippen molar-refractivity contribution in [3.8, 4) is 0 Å². The lowest BCUT2D eigenvalue weighted by Crippen LogP contribution is -2.47. The van der Waals surface area contributed by atoms with E-state index in [4.69, 9.17) is 0 Å². The van der Waals surface area contributed by atoms with Crippen LogP contribution in [0.15, 0.2) is 18.5 Å². The van der Waals surface area contributed by atoms with E-state index >= 15 is 0 Å². The summed E-state index contributed by atoms with van der Waals surface area (Å²) in [5.41, 5.74) is 0.0661. The van der Waals surface area contributed by atoms with Crippen molar-refractivity contribution in [2.24, 2.45) is 0 Å². The zero-order chi connectivity index (χ0) is 13.2. The highest BCUT2D eigenvalue weighted by molar-refractivity contribution is 5.13. The third kappa shape index (κ3) is 3.27. The summed E-state index contributed by atoms with van der Waals surface area (Å²) in [5, 5.41) is 10.5. The first-order valence-corrected chi connectivity index (χ1v) is 6.54. The molecule has 0 amide bonds. The Morgan fingerprint density at radius 2 is 2.06 bits per heavy atom. The molecule has 0 radical (unpaired) electrons. The number of hydrogen-bond donors (Lipinski definition) is 1. The maximum Gasteiger partial charge on any atom is 0.141 e. The molecule has 0 unspecified atom stereocenters. The normalized spacial score (nSPS) is 20.3. The summed E-state index contributed by atoms with van der Waals surface area (Å²) < 4.78 is 13.1. The van der Waals surface area contributed by atoms with E-state index in [0.29, 0.717) is 12.5 Å². The van der Waals surface area contributed by atoms with Gasteiger partial charge < -0.3 is 10.0 Å². The fraction of sp³-hybridized carbons (Fsp3) is 0.643. The molecule has 4 heteroatoms. The Morgan fingerprint density at radius 1 is 1.39 bits per heavy atom. The Balaban J connectivity index is 1.97. The molecule has 1 aromatic heterocycles. The van der Waals surface area contributed by atoms with Crippen molar-refractivity contribution >= 4 is 0 Å². The van der Waals surface area contributed by atoms with Gasteiger partial charge in [0.15, 0.2) is 0 Å². The van der Waals surface area contributed by atoms with Gasteiger partial charge in [-0.05, 0) is 38.3 Å². The fourth-order valence-electron chi connectivity index (χ4n) is 2.57. The van der Waals surface area contributed by atoms with Crippen molar-refractivity contribution in [2.45, 2.75) is 44.8 Å². The van der Waals surface area contributed by atoms with E-state index in [-0.39, 0.29) is 5.82 Å². The van der Waals surface area contributed by atoms with E-state index in [2.05, 4.69) is 23.7 Å². The number of piperidine rings is 1. The van der Waals surface area contributed by atoms with Gasteiger partial charge in [0.25, 0.3) is 0 Å². The molecule has 0 spiro atoms. The molecular formula is C14H21FN2O. The van der Waals surface area contributed by atoms with Crippen LogP contribution in [0, 0.1) is 5.82 Å². The highest BCUT2D eigenvalue weighted by Gasteiger charge is 2.33. The van der Waals surface area contributed by atoms with Crippen LogP contribution in [0.1, 0.15) is 32.3 Å². The zero-order valence-corrected chi connectivity index (χ0v) is 11.1. The van der Waals surface area contributed by atoms with Gasteiger partial charge in [0.2, 0.25) is 0 Å². The van der Waals surface area contributed by atoms with Crippen LogP contribution in [-0.4, -0.2) is 39.7 Å². The maximum atomic E-state index is 13.1. The van der Waals surface area contributed by atoms with Gasteiger partial charge in [0.05, 0.1) is 11.8 Å². The molecule has 1 saturated heterocycles. The van der Waals surface area contributed by atoms with Crippen molar-refractivity contribution in [3.05, 3.63) is 29.8 Å². The number of hydrogen-bond acceptors (Lipinski definition) is 3. The van der Waals surface area contributed by atoms with Crippen molar-refractivity contribution in [1.82, 2.24) is 9.88 Å². The Morgan fingerprint density at radius 3 is 2.61 bits per heavy atom. The van der Waals surface area contributed by atoms with E-state index in [9.17, 15) is 9.50 Å². The SMILES string of the molecule is CC(C)N1CCC(O)(Cc2cncc(F)c2)CC1. The Bertz CT molecular complexity index is 401. The molecule has 1 aliphatic rings. The Labute approximate surface area is 108 Å². The molecule has 0 saturated carbocycles. The second-order valence-electron chi connectivity index (χ2n) is 5.54. The van der Waals surface area contributed by atoms with Gasteiger partial charge >= 0.3 is 0 Å². The van der Waals surface area contributed by atoms with E-state index in [1.807, 2.05) is 0 Å². The number of likely N-dealkylation sites (tertiary alicyclic amines) is 1. The van der Waals surface area contributed by atoms with Crippen molar-refractivity contribution in [1.29, 1.82) is 0 Å². The maximum absolute atomic E-state index is 13.1. The highest BCUT2D eigenvalue weighted by atomic mass is 19.1. The number of pyridine rings is 1. The molecule has 100 valence electrons. The predicted octanol–water partition coefficient (Wildman–Crippen LogP) is 2.00. The summed E-state index contributed by atoms with van der Waals surface area (Å²) in [6.07, 6.45) is 4.79. The molecule has 0 atom stereocenters. The summed E-state index contributed by atoms with van der Waals surface area (Å²) in [4.78, 5) is 6.19. The molecule has 1 aliphatic heterocycles. The van der Waals surface area contributed by atoms with Crippen LogP contribution in [0.5, 0.6) is 0 Å². The van der Waals surface area contributed by atoms with Crippen LogP contribution in [0.25, 0.3) is 0 Å². The third-order valence-corrected chi connectivity index (χ3v) is 3.75. The topological polar surface area (TPSA) is 36.4 Å². The van der Waals surface area contributed by atoms with Crippen molar-refractivity contribution < 1.29 is 9.50 Å². The molecule has 0 bridgehead atoms. The monoisotopic (exact) mass is 252 g/mol. The molecule has 2 rings (SSSR count). The lowest BCUT2D eigenvalue weighted by atomic mass is 9.85. The molecular weight excluding hydrogens is 231 g/mol. The lowest BCUT2D eigenvalue weighted by molar-refractivity contribution is -0.0272.